The van der Waals surface area contributed by atoms with Crippen LogP contribution in [0.1, 0.15) is 0 Å². The topological polar surface area (TPSA) is 53.9 Å². The van der Waals surface area contributed by atoms with E-state index in [4.69, 9.17) is 4.74 Å². The van der Waals surface area contributed by atoms with Gasteiger partial charge in [-0.25, -0.2) is 0 Å². The molecule has 1 saturated heterocycles. The number of aliphatic imine (C=N–C) groups is 1. The molecular formula is C14H17N3O2. The van der Waals surface area contributed by atoms with Gasteiger partial charge in [-0.2, -0.15) is 0 Å². The Morgan fingerprint density at radius 1 is 1.32 bits per heavy atom. The lowest BCUT2D eigenvalue weighted by Gasteiger charge is -2.28. The Balaban J connectivity index is 1.72. The van der Waals surface area contributed by atoms with Crippen molar-refractivity contribution in [1.82, 2.24) is 4.90 Å². The highest BCUT2D eigenvalue weighted by molar-refractivity contribution is 6.06. The summed E-state index contributed by atoms with van der Waals surface area (Å²) in [6.45, 7) is 3.94. The summed E-state index contributed by atoms with van der Waals surface area (Å²) in [5.41, 5.74) is 1.61. The minimum Gasteiger partial charge on any atom is -0.379 e. The van der Waals surface area contributed by atoms with Crippen LogP contribution in [0.4, 0.5) is 11.4 Å². The first-order chi connectivity index (χ1) is 9.33. The molecule has 0 saturated carbocycles. The minimum atomic E-state index is -0.203. The quantitative estimate of drug-likeness (QED) is 0.870. The standard InChI is InChI=1S/C14H17N3O2/c18-14-11(10-17-5-7-19-8-6-17)9-15-12-3-1-2-4-13(12)16-14/h1-4,9,11H,5-8,10H2,(H,16,18). The van der Waals surface area contributed by atoms with Crippen molar-refractivity contribution in [1.29, 1.82) is 0 Å². The van der Waals surface area contributed by atoms with Crippen LogP contribution < -0.4 is 5.32 Å². The predicted octanol–water partition coefficient (Wildman–Crippen LogP) is 1.29. The first-order valence-electron chi connectivity index (χ1n) is 6.57. The number of nitrogens with zero attached hydrogens (tertiary/aromatic N) is 2. The third kappa shape index (κ3) is 2.83. The lowest BCUT2D eigenvalue weighted by molar-refractivity contribution is -0.118. The molecule has 0 aromatic heterocycles. The van der Waals surface area contributed by atoms with E-state index in [0.29, 0.717) is 6.54 Å². The molecule has 2 aliphatic rings. The highest BCUT2D eigenvalue weighted by Gasteiger charge is 2.24. The Bertz CT molecular complexity index is 495. The number of ether oxygens (including phenoxy) is 1. The van der Waals surface area contributed by atoms with Crippen LogP contribution in [-0.4, -0.2) is 49.9 Å². The van der Waals surface area contributed by atoms with Gasteiger partial charge < -0.3 is 10.1 Å². The fraction of sp³-hybridized carbons (Fsp3) is 0.429. The summed E-state index contributed by atoms with van der Waals surface area (Å²) in [6.07, 6.45) is 1.76. The van der Waals surface area contributed by atoms with Crippen molar-refractivity contribution >= 4 is 23.5 Å². The summed E-state index contributed by atoms with van der Waals surface area (Å²) in [7, 11) is 0. The van der Waals surface area contributed by atoms with E-state index in [-0.39, 0.29) is 11.8 Å². The number of fused-ring (bicyclic) bond motifs is 1. The SMILES string of the molecule is O=C1Nc2ccccc2N=CC1CN1CCOCC1. The van der Waals surface area contributed by atoms with E-state index >= 15 is 0 Å². The Hall–Kier alpha value is -1.72. The minimum absolute atomic E-state index is 0.0141. The van der Waals surface area contributed by atoms with Crippen molar-refractivity contribution in [2.75, 3.05) is 38.2 Å². The average molecular weight is 259 g/mol. The number of carbonyl (C=O) groups excluding carboxylic acids is 1. The number of carbonyl (C=O) groups is 1. The summed E-state index contributed by atoms with van der Waals surface area (Å²) >= 11 is 0. The number of para-hydroxylation sites is 2. The van der Waals surface area contributed by atoms with Gasteiger partial charge in [-0.15, -0.1) is 0 Å². The second-order valence-electron chi connectivity index (χ2n) is 4.80. The molecule has 2 aliphatic heterocycles. The molecule has 1 fully saturated rings. The van der Waals surface area contributed by atoms with Gasteiger partial charge in [0, 0.05) is 25.8 Å². The third-order valence-corrected chi connectivity index (χ3v) is 3.45. The molecule has 0 radical (unpaired) electrons. The van der Waals surface area contributed by atoms with Crippen LogP contribution in [0.25, 0.3) is 0 Å². The fourth-order valence-electron chi connectivity index (χ4n) is 2.35. The molecule has 2 heterocycles. The summed E-state index contributed by atoms with van der Waals surface area (Å²) in [6, 6.07) is 7.60. The number of hydrogen-bond donors (Lipinski definition) is 1. The van der Waals surface area contributed by atoms with Crippen LogP contribution in [0.15, 0.2) is 29.3 Å². The number of morpholine rings is 1. The number of nitrogens with one attached hydrogen (secondary N) is 1. The molecule has 5 heteroatoms. The van der Waals surface area contributed by atoms with Crippen LogP contribution in [-0.2, 0) is 9.53 Å². The van der Waals surface area contributed by atoms with Crippen LogP contribution in [0, 0.1) is 5.92 Å². The smallest absolute Gasteiger partial charge is 0.234 e. The van der Waals surface area contributed by atoms with Crippen LogP contribution >= 0.6 is 0 Å². The second kappa shape index (κ2) is 5.50. The third-order valence-electron chi connectivity index (χ3n) is 3.45. The van der Waals surface area contributed by atoms with Crippen molar-refractivity contribution in [3.63, 3.8) is 0 Å². The fourth-order valence-corrected chi connectivity index (χ4v) is 2.35. The molecule has 19 heavy (non-hydrogen) atoms. The zero-order valence-electron chi connectivity index (χ0n) is 10.7. The molecule has 100 valence electrons. The van der Waals surface area contributed by atoms with Gasteiger partial charge in [0.15, 0.2) is 0 Å². The summed E-state index contributed by atoms with van der Waals surface area (Å²) < 4.78 is 5.32. The summed E-state index contributed by atoms with van der Waals surface area (Å²) in [5, 5.41) is 2.94. The van der Waals surface area contributed by atoms with Crippen molar-refractivity contribution in [3.8, 4) is 0 Å². The molecule has 1 aromatic rings. The Morgan fingerprint density at radius 2 is 2.11 bits per heavy atom. The molecule has 1 atom stereocenters. The van der Waals surface area contributed by atoms with E-state index in [1.54, 1.807) is 6.21 Å². The predicted molar refractivity (Wildman–Crippen MR) is 74.0 cm³/mol. The van der Waals surface area contributed by atoms with Gasteiger partial charge >= 0.3 is 0 Å². The van der Waals surface area contributed by atoms with Gasteiger partial charge in [-0.3, -0.25) is 14.7 Å². The van der Waals surface area contributed by atoms with E-state index in [9.17, 15) is 4.79 Å². The highest BCUT2D eigenvalue weighted by atomic mass is 16.5. The van der Waals surface area contributed by atoms with E-state index in [0.717, 1.165) is 37.7 Å². The van der Waals surface area contributed by atoms with Crippen LogP contribution in [0.3, 0.4) is 0 Å². The van der Waals surface area contributed by atoms with Crippen molar-refractivity contribution < 1.29 is 9.53 Å². The van der Waals surface area contributed by atoms with E-state index in [2.05, 4.69) is 15.2 Å². The maximum atomic E-state index is 12.2. The maximum Gasteiger partial charge on any atom is 0.234 e. The summed E-state index contributed by atoms with van der Waals surface area (Å²) in [5.74, 6) is -0.189. The lowest BCUT2D eigenvalue weighted by atomic mass is 10.1. The molecule has 0 bridgehead atoms. The molecule has 1 unspecified atom stereocenters. The number of anilines is 1. The molecule has 1 N–H and O–H groups in total. The zero-order valence-corrected chi connectivity index (χ0v) is 10.7. The van der Waals surface area contributed by atoms with Crippen LogP contribution in [0.5, 0.6) is 0 Å². The van der Waals surface area contributed by atoms with E-state index in [1.165, 1.54) is 0 Å². The van der Waals surface area contributed by atoms with Gasteiger partial charge in [0.05, 0.1) is 30.5 Å². The Labute approximate surface area is 112 Å². The highest BCUT2D eigenvalue weighted by Crippen LogP contribution is 2.26. The normalized spacial score (nSPS) is 23.6. The molecule has 0 aliphatic carbocycles. The van der Waals surface area contributed by atoms with Crippen molar-refractivity contribution in [2.45, 2.75) is 0 Å². The maximum absolute atomic E-state index is 12.2. The first kappa shape index (κ1) is 12.3. The number of benzene rings is 1. The number of rotatable bonds is 2. The Kier molecular flexibility index (Phi) is 3.57. The van der Waals surface area contributed by atoms with Gasteiger partial charge in [-0.05, 0) is 12.1 Å². The second-order valence-corrected chi connectivity index (χ2v) is 4.80. The van der Waals surface area contributed by atoms with Gasteiger partial charge in [0.25, 0.3) is 0 Å². The lowest BCUT2D eigenvalue weighted by Crippen LogP contribution is -2.42. The number of amides is 1. The number of hydrogen-bond acceptors (Lipinski definition) is 4. The zero-order chi connectivity index (χ0) is 13.1. The van der Waals surface area contributed by atoms with Gasteiger partial charge in [0.2, 0.25) is 5.91 Å². The Morgan fingerprint density at radius 3 is 2.95 bits per heavy atom. The van der Waals surface area contributed by atoms with E-state index in [1.807, 2.05) is 24.3 Å². The monoisotopic (exact) mass is 259 g/mol. The molecule has 3 rings (SSSR count). The summed E-state index contributed by atoms with van der Waals surface area (Å²) in [4.78, 5) is 18.9. The van der Waals surface area contributed by atoms with Crippen molar-refractivity contribution in [2.24, 2.45) is 10.9 Å². The largest absolute Gasteiger partial charge is 0.379 e. The molecule has 1 amide bonds. The van der Waals surface area contributed by atoms with Crippen molar-refractivity contribution in [3.05, 3.63) is 24.3 Å². The van der Waals surface area contributed by atoms with Gasteiger partial charge in [0.1, 0.15) is 0 Å². The first-order valence-corrected chi connectivity index (χ1v) is 6.57. The van der Waals surface area contributed by atoms with E-state index < -0.39 is 0 Å². The molecule has 0 spiro atoms. The molecular weight excluding hydrogens is 242 g/mol. The molecule has 1 aromatic carbocycles. The molecule has 5 nitrogen and oxygen atoms in total. The van der Waals surface area contributed by atoms with Crippen LogP contribution in [0.2, 0.25) is 0 Å². The van der Waals surface area contributed by atoms with Gasteiger partial charge in [-0.1, -0.05) is 12.1 Å². The average Bonchev–Trinajstić information content (AvgIpc) is 2.60.